The number of carbonyl (C=O) groups is 7. The highest BCUT2D eigenvalue weighted by molar-refractivity contribution is 8.01. The number of carboxylic acids is 1. The fraction of sp³-hybridized carbons (Fsp3) is 0.409. The molecule has 0 spiro atoms. The number of nitrogens with two attached hydrogens (primary N) is 1. The fourth-order valence-corrected chi connectivity index (χ4v) is 5.60. The van der Waals surface area contributed by atoms with Crippen molar-refractivity contribution in [3.8, 4) is 0 Å². The third-order valence-electron chi connectivity index (χ3n) is 5.35. The number of anilines is 1. The number of imide groups is 2. The Kier molecular flexibility index (Phi) is 9.95. The molecule has 7 N–H and O–H groups in total. The summed E-state index contributed by atoms with van der Waals surface area (Å²) in [4.78, 5) is 83.6. The molecule has 0 bridgehead atoms. The highest BCUT2D eigenvalue weighted by Crippen LogP contribution is 2.22. The van der Waals surface area contributed by atoms with E-state index in [1.54, 1.807) is 24.3 Å². The van der Waals surface area contributed by atoms with E-state index in [0.29, 0.717) is 11.3 Å². The van der Waals surface area contributed by atoms with Gasteiger partial charge in [-0.3, -0.25) is 34.6 Å². The first-order valence-electron chi connectivity index (χ1n) is 11.2. The van der Waals surface area contributed by atoms with Crippen molar-refractivity contribution in [2.45, 2.75) is 42.0 Å². The van der Waals surface area contributed by atoms with E-state index in [0.717, 1.165) is 23.5 Å². The van der Waals surface area contributed by atoms with Crippen LogP contribution in [0.3, 0.4) is 0 Å². The van der Waals surface area contributed by atoms with Crippen LogP contribution in [-0.2, 0) is 40.1 Å². The summed E-state index contributed by atoms with van der Waals surface area (Å²) in [6.45, 7) is -0.135. The van der Waals surface area contributed by atoms with Crippen LogP contribution in [0.15, 0.2) is 24.3 Å². The minimum atomic E-state index is -1.45. The Bertz CT molecular complexity index is 1130. The normalized spacial score (nSPS) is 20.3. The molecule has 2 aliphatic heterocycles. The van der Waals surface area contributed by atoms with Crippen LogP contribution in [-0.4, -0.2) is 80.8 Å². The van der Waals surface area contributed by atoms with Crippen molar-refractivity contribution in [1.82, 2.24) is 21.3 Å². The topological polar surface area (TPSA) is 223 Å². The summed E-state index contributed by atoms with van der Waals surface area (Å²) >= 11 is 1.84. The Morgan fingerprint density at radius 2 is 1.45 bits per heavy atom. The lowest BCUT2D eigenvalue weighted by Gasteiger charge is -2.22. The van der Waals surface area contributed by atoms with Crippen molar-refractivity contribution in [3.05, 3.63) is 29.8 Å². The molecule has 4 atom stereocenters. The van der Waals surface area contributed by atoms with Gasteiger partial charge in [0, 0.05) is 30.0 Å². The maximum Gasteiger partial charge on any atom is 0.408 e. The summed E-state index contributed by atoms with van der Waals surface area (Å²) in [7, 11) is 0. The molecule has 204 valence electrons. The maximum atomic E-state index is 13.0. The number of amides is 6. The van der Waals surface area contributed by atoms with Crippen molar-refractivity contribution in [3.63, 3.8) is 0 Å². The lowest BCUT2D eigenvalue weighted by Crippen LogP contribution is -2.53. The number of carboxylic acid groups (broad SMARTS) is 1. The second kappa shape index (κ2) is 13.1. The molecule has 0 radical (unpaired) electrons. The van der Waals surface area contributed by atoms with Gasteiger partial charge in [0.15, 0.2) is 0 Å². The number of hydrogen-bond donors (Lipinski definition) is 6. The minimum Gasteiger partial charge on any atom is -0.480 e. The van der Waals surface area contributed by atoms with Crippen LogP contribution < -0.4 is 27.0 Å². The first kappa shape index (κ1) is 28.8. The molecule has 0 aromatic heterocycles. The SMILES string of the molecule is Nc1ccc(COC(=O)NC(CSC2CC(=O)NC2=O)C(=O)NC(CSC2CC(=O)NC2=O)C(=O)O)cc1. The minimum absolute atomic E-state index is 0.101. The Hall–Kier alpha value is -3.79. The molecule has 2 aliphatic rings. The van der Waals surface area contributed by atoms with Crippen molar-refractivity contribution in [2.75, 3.05) is 17.2 Å². The van der Waals surface area contributed by atoms with E-state index >= 15 is 0 Å². The molecule has 2 saturated heterocycles. The average Bonchev–Trinajstić information content (AvgIpc) is 3.36. The molecule has 0 aliphatic carbocycles. The molecule has 2 fully saturated rings. The summed E-state index contributed by atoms with van der Waals surface area (Å²) in [6.07, 6.45) is -1.18. The van der Waals surface area contributed by atoms with Gasteiger partial charge in [-0.2, -0.15) is 0 Å². The Morgan fingerprint density at radius 3 is 1.92 bits per heavy atom. The predicted octanol–water partition coefficient (Wildman–Crippen LogP) is -1.27. The molecule has 14 nitrogen and oxygen atoms in total. The van der Waals surface area contributed by atoms with E-state index in [1.165, 1.54) is 0 Å². The van der Waals surface area contributed by atoms with Gasteiger partial charge >= 0.3 is 12.1 Å². The van der Waals surface area contributed by atoms with Crippen LogP contribution in [0.2, 0.25) is 0 Å². The van der Waals surface area contributed by atoms with E-state index in [-0.39, 0.29) is 31.0 Å². The first-order chi connectivity index (χ1) is 18.0. The van der Waals surface area contributed by atoms with Crippen molar-refractivity contribution < 1.29 is 43.4 Å². The van der Waals surface area contributed by atoms with Crippen molar-refractivity contribution in [1.29, 1.82) is 0 Å². The van der Waals surface area contributed by atoms with Gasteiger partial charge in [-0.25, -0.2) is 9.59 Å². The van der Waals surface area contributed by atoms with Crippen LogP contribution in [0, 0.1) is 0 Å². The van der Waals surface area contributed by atoms with Crippen molar-refractivity contribution >= 4 is 70.8 Å². The first-order valence-corrected chi connectivity index (χ1v) is 13.3. The summed E-state index contributed by atoms with van der Waals surface area (Å²) in [5.41, 5.74) is 6.77. The van der Waals surface area contributed by atoms with E-state index in [9.17, 15) is 38.7 Å². The molecule has 1 aromatic rings. The lowest BCUT2D eigenvalue weighted by atomic mass is 10.2. The largest absolute Gasteiger partial charge is 0.480 e. The molecule has 38 heavy (non-hydrogen) atoms. The van der Waals surface area contributed by atoms with Crippen LogP contribution in [0.5, 0.6) is 0 Å². The van der Waals surface area contributed by atoms with Gasteiger partial charge in [-0.15, -0.1) is 23.5 Å². The van der Waals surface area contributed by atoms with Gasteiger partial charge in [0.25, 0.3) is 0 Å². The van der Waals surface area contributed by atoms with Crippen LogP contribution in [0.4, 0.5) is 10.5 Å². The molecule has 2 heterocycles. The van der Waals surface area contributed by atoms with Crippen molar-refractivity contribution in [2.24, 2.45) is 0 Å². The molecular formula is C22H25N5O9S2. The van der Waals surface area contributed by atoms with Gasteiger partial charge in [-0.1, -0.05) is 12.1 Å². The van der Waals surface area contributed by atoms with Crippen LogP contribution >= 0.6 is 23.5 Å². The zero-order valence-electron chi connectivity index (χ0n) is 19.8. The summed E-state index contributed by atoms with van der Waals surface area (Å²) < 4.78 is 5.14. The highest BCUT2D eigenvalue weighted by atomic mass is 32.2. The van der Waals surface area contributed by atoms with Gasteiger partial charge in [0.2, 0.25) is 29.5 Å². The molecule has 3 rings (SSSR count). The van der Waals surface area contributed by atoms with Gasteiger partial charge in [0.05, 0.1) is 10.5 Å². The third kappa shape index (κ3) is 8.37. The zero-order valence-corrected chi connectivity index (χ0v) is 21.4. The summed E-state index contributed by atoms with van der Waals surface area (Å²) in [6, 6.07) is 3.74. The number of ether oxygens (including phenoxy) is 1. The lowest BCUT2D eigenvalue weighted by molar-refractivity contribution is -0.141. The molecule has 1 aromatic carbocycles. The second-order valence-electron chi connectivity index (χ2n) is 8.29. The number of alkyl carbamates (subject to hydrolysis) is 1. The Balaban J connectivity index is 1.62. The smallest absolute Gasteiger partial charge is 0.408 e. The highest BCUT2D eigenvalue weighted by Gasteiger charge is 2.35. The number of thioether (sulfide) groups is 2. The number of aliphatic carboxylic acids is 1. The standard InChI is InChI=1S/C22H25N5O9S2/c23-11-3-1-10(2-4-11)7-36-22(35)25-12(8-37-14-5-16(28)26-19(14)31)18(30)24-13(21(33)34)9-38-15-6-17(29)27-20(15)32/h1-4,12-15H,5-9,23H2,(H,24,30)(H,25,35)(H,33,34)(H,26,28,31)(H,27,29,32). The van der Waals surface area contributed by atoms with E-state index in [2.05, 4.69) is 21.3 Å². The quantitative estimate of drug-likeness (QED) is 0.128. The zero-order chi connectivity index (χ0) is 27.8. The Morgan fingerprint density at radius 1 is 0.921 bits per heavy atom. The predicted molar refractivity (Wildman–Crippen MR) is 136 cm³/mol. The van der Waals surface area contributed by atoms with Crippen LogP contribution in [0.1, 0.15) is 18.4 Å². The molecule has 16 heteroatoms. The van der Waals surface area contributed by atoms with E-state index < -0.39 is 64.2 Å². The van der Waals surface area contributed by atoms with Gasteiger partial charge < -0.3 is 26.2 Å². The Labute approximate surface area is 224 Å². The number of benzene rings is 1. The number of carbonyl (C=O) groups excluding carboxylic acids is 6. The van der Waals surface area contributed by atoms with Crippen LogP contribution in [0.25, 0.3) is 0 Å². The van der Waals surface area contributed by atoms with E-state index in [4.69, 9.17) is 10.5 Å². The van der Waals surface area contributed by atoms with Gasteiger partial charge in [0.1, 0.15) is 18.7 Å². The molecule has 4 unspecified atom stereocenters. The molecule has 6 amide bonds. The van der Waals surface area contributed by atoms with E-state index in [1.807, 2.05) is 0 Å². The summed E-state index contributed by atoms with van der Waals surface area (Å²) in [5, 5.41) is 16.9. The second-order valence-corrected chi connectivity index (χ2v) is 10.8. The number of nitrogen functional groups attached to an aromatic ring is 1. The maximum absolute atomic E-state index is 13.0. The number of hydrogen-bond acceptors (Lipinski definition) is 11. The fourth-order valence-electron chi connectivity index (χ4n) is 3.33. The van der Waals surface area contributed by atoms with Gasteiger partial charge in [-0.05, 0) is 17.7 Å². The summed E-state index contributed by atoms with van der Waals surface area (Å²) in [5.74, 6) is -4.70. The molecule has 0 saturated carbocycles. The molecular weight excluding hydrogens is 542 g/mol. The number of nitrogens with one attached hydrogen (secondary N) is 4. The number of rotatable bonds is 12. The monoisotopic (exact) mass is 567 g/mol. The third-order valence-corrected chi connectivity index (χ3v) is 7.97. The average molecular weight is 568 g/mol.